The van der Waals surface area contributed by atoms with E-state index in [1.165, 1.54) is 12.1 Å². The van der Waals surface area contributed by atoms with Crippen LogP contribution in [-0.4, -0.2) is 20.1 Å². The summed E-state index contributed by atoms with van der Waals surface area (Å²) < 4.78 is 38.4. The Morgan fingerprint density at radius 1 is 0.875 bits per heavy atom. The zero-order valence-corrected chi connectivity index (χ0v) is 13.4. The number of phenols is 1. The van der Waals surface area contributed by atoms with Gasteiger partial charge in [0.15, 0.2) is 0 Å². The average molecular weight is 335 g/mol. The summed E-state index contributed by atoms with van der Waals surface area (Å²) in [6.07, 6.45) is -4.44. The molecule has 126 valence electrons. The molecule has 1 heterocycles. The maximum absolute atomic E-state index is 12.8. The predicted octanol–water partition coefficient (Wildman–Crippen LogP) is 4.44. The number of aromatic hydroxyl groups is 1. The zero-order valence-electron chi connectivity index (χ0n) is 13.4. The average Bonchev–Trinajstić information content (AvgIpc) is 2.88. The highest BCUT2D eigenvalue weighted by Gasteiger charge is 2.31. The molecule has 7 heteroatoms. The van der Waals surface area contributed by atoms with Crippen LogP contribution in [0.4, 0.5) is 13.2 Å². The van der Waals surface area contributed by atoms with Crippen molar-refractivity contribution in [2.24, 2.45) is 0 Å². The number of rotatable bonds is 1. The molecule has 0 spiro atoms. The third-order valence-electron chi connectivity index (χ3n) is 3.76. The number of benzene rings is 2. The van der Waals surface area contributed by atoms with E-state index in [-0.39, 0.29) is 16.7 Å². The summed E-state index contributed by atoms with van der Waals surface area (Å²) in [5, 5.41) is 18.3. The van der Waals surface area contributed by atoms with Crippen molar-refractivity contribution in [1.82, 2.24) is 15.0 Å². The van der Waals surface area contributed by atoms with Crippen molar-refractivity contribution in [2.75, 3.05) is 0 Å². The summed E-state index contributed by atoms with van der Waals surface area (Å²) >= 11 is 0. The van der Waals surface area contributed by atoms with Gasteiger partial charge in [-0.25, -0.2) is 0 Å². The van der Waals surface area contributed by atoms with E-state index in [0.717, 1.165) is 22.5 Å². The molecule has 0 radical (unpaired) electrons. The summed E-state index contributed by atoms with van der Waals surface area (Å²) in [5.74, 6) is -0.0423. The molecule has 1 N–H and O–H groups in total. The van der Waals surface area contributed by atoms with Crippen LogP contribution in [0.25, 0.3) is 16.7 Å². The maximum Gasteiger partial charge on any atom is 0.416 e. The number of fused-ring (bicyclic) bond motifs is 1. The SMILES string of the molecule is CC(C)(C)c1ccc(O)c(-n2nc3ccc(C(F)(F)F)cc3n2)c1. The summed E-state index contributed by atoms with van der Waals surface area (Å²) in [5.41, 5.74) is 0.779. The van der Waals surface area contributed by atoms with Crippen molar-refractivity contribution in [3.63, 3.8) is 0 Å². The van der Waals surface area contributed by atoms with Crippen molar-refractivity contribution in [3.8, 4) is 11.4 Å². The number of aromatic nitrogens is 3. The summed E-state index contributed by atoms with van der Waals surface area (Å²) in [4.78, 5) is 1.16. The molecule has 0 aliphatic carbocycles. The van der Waals surface area contributed by atoms with Crippen LogP contribution >= 0.6 is 0 Å². The largest absolute Gasteiger partial charge is 0.506 e. The van der Waals surface area contributed by atoms with Gasteiger partial charge in [-0.15, -0.1) is 15.0 Å². The Hall–Kier alpha value is -2.57. The van der Waals surface area contributed by atoms with Gasteiger partial charge in [0.05, 0.1) is 5.56 Å². The fourth-order valence-corrected chi connectivity index (χ4v) is 2.35. The molecule has 3 rings (SSSR count). The first kappa shape index (κ1) is 16.3. The van der Waals surface area contributed by atoms with Crippen molar-refractivity contribution in [3.05, 3.63) is 47.5 Å². The van der Waals surface area contributed by atoms with E-state index in [1.54, 1.807) is 12.1 Å². The molecule has 0 saturated carbocycles. The number of phenolic OH excluding ortho intramolecular Hbond substituents is 1. The van der Waals surface area contributed by atoms with Gasteiger partial charge in [0.1, 0.15) is 22.5 Å². The minimum atomic E-state index is -4.44. The number of halogens is 3. The van der Waals surface area contributed by atoms with Crippen LogP contribution in [-0.2, 0) is 11.6 Å². The van der Waals surface area contributed by atoms with Crippen LogP contribution in [0.15, 0.2) is 36.4 Å². The third-order valence-corrected chi connectivity index (χ3v) is 3.76. The number of alkyl halides is 3. The summed E-state index contributed by atoms with van der Waals surface area (Å²) in [7, 11) is 0. The van der Waals surface area contributed by atoms with Crippen molar-refractivity contribution in [2.45, 2.75) is 32.4 Å². The second-order valence-electron chi connectivity index (χ2n) is 6.64. The number of nitrogens with zero attached hydrogens (tertiary/aromatic N) is 3. The van der Waals surface area contributed by atoms with E-state index < -0.39 is 11.7 Å². The Bertz CT molecular complexity index is 908. The highest BCUT2D eigenvalue weighted by molar-refractivity contribution is 5.75. The van der Waals surface area contributed by atoms with Crippen LogP contribution in [0, 0.1) is 0 Å². The fraction of sp³-hybridized carbons (Fsp3) is 0.294. The van der Waals surface area contributed by atoms with Gasteiger partial charge in [-0.05, 0) is 41.3 Å². The lowest BCUT2D eigenvalue weighted by Crippen LogP contribution is -2.12. The van der Waals surface area contributed by atoms with Crippen molar-refractivity contribution in [1.29, 1.82) is 0 Å². The highest BCUT2D eigenvalue weighted by Crippen LogP contribution is 2.32. The summed E-state index contributed by atoms with van der Waals surface area (Å²) in [6.45, 7) is 6.06. The fourth-order valence-electron chi connectivity index (χ4n) is 2.35. The first-order valence-corrected chi connectivity index (χ1v) is 7.34. The van der Waals surface area contributed by atoms with Crippen LogP contribution in [0.3, 0.4) is 0 Å². The second-order valence-corrected chi connectivity index (χ2v) is 6.64. The van der Waals surface area contributed by atoms with E-state index in [4.69, 9.17) is 0 Å². The molecule has 2 aromatic carbocycles. The first-order valence-electron chi connectivity index (χ1n) is 7.34. The minimum absolute atomic E-state index is 0.0423. The van der Waals surface area contributed by atoms with Gasteiger partial charge in [0.2, 0.25) is 0 Å². The topological polar surface area (TPSA) is 50.9 Å². The van der Waals surface area contributed by atoms with E-state index in [0.29, 0.717) is 11.2 Å². The molecule has 0 aliphatic rings. The predicted molar refractivity (Wildman–Crippen MR) is 84.2 cm³/mol. The smallest absolute Gasteiger partial charge is 0.416 e. The van der Waals surface area contributed by atoms with Crippen LogP contribution in [0.5, 0.6) is 5.75 Å². The molecule has 0 fully saturated rings. The monoisotopic (exact) mass is 335 g/mol. The van der Waals surface area contributed by atoms with Gasteiger partial charge in [-0.2, -0.15) is 13.2 Å². The van der Waals surface area contributed by atoms with Crippen molar-refractivity contribution >= 4 is 11.0 Å². The van der Waals surface area contributed by atoms with Gasteiger partial charge < -0.3 is 5.11 Å². The maximum atomic E-state index is 12.8. The lowest BCUT2D eigenvalue weighted by molar-refractivity contribution is -0.137. The molecule has 24 heavy (non-hydrogen) atoms. The minimum Gasteiger partial charge on any atom is -0.506 e. The van der Waals surface area contributed by atoms with Crippen molar-refractivity contribution < 1.29 is 18.3 Å². The Kier molecular flexibility index (Phi) is 3.55. The lowest BCUT2D eigenvalue weighted by Gasteiger charge is -2.19. The zero-order chi connectivity index (χ0) is 17.7. The van der Waals surface area contributed by atoms with Crippen LogP contribution in [0.2, 0.25) is 0 Å². The van der Waals surface area contributed by atoms with Crippen LogP contribution in [0.1, 0.15) is 31.9 Å². The molecular formula is C17H16F3N3O. The normalized spacial score (nSPS) is 12.8. The van der Waals surface area contributed by atoms with Gasteiger partial charge in [-0.1, -0.05) is 26.8 Å². The molecular weight excluding hydrogens is 319 g/mol. The Labute approximate surface area is 136 Å². The van der Waals surface area contributed by atoms with E-state index in [2.05, 4.69) is 10.2 Å². The number of hydrogen-bond donors (Lipinski definition) is 1. The molecule has 0 amide bonds. The highest BCUT2D eigenvalue weighted by atomic mass is 19.4. The molecule has 0 saturated heterocycles. The lowest BCUT2D eigenvalue weighted by atomic mass is 9.87. The third kappa shape index (κ3) is 2.93. The Morgan fingerprint density at radius 2 is 1.50 bits per heavy atom. The second kappa shape index (κ2) is 5.22. The number of hydrogen-bond acceptors (Lipinski definition) is 3. The molecule has 0 aliphatic heterocycles. The van der Waals surface area contributed by atoms with Gasteiger partial charge >= 0.3 is 6.18 Å². The quantitative estimate of drug-likeness (QED) is 0.715. The van der Waals surface area contributed by atoms with Crippen LogP contribution < -0.4 is 0 Å². The molecule has 4 nitrogen and oxygen atoms in total. The summed E-state index contributed by atoms with van der Waals surface area (Å²) in [6, 6.07) is 8.25. The van der Waals surface area contributed by atoms with E-state index in [9.17, 15) is 18.3 Å². The molecule has 0 bridgehead atoms. The molecule has 0 unspecified atom stereocenters. The van der Waals surface area contributed by atoms with Gasteiger partial charge in [0.25, 0.3) is 0 Å². The standard InChI is InChI=1S/C17H16F3N3O/c1-16(2,3)10-5-7-15(24)14(9-10)23-21-12-6-4-11(17(18,19)20)8-13(12)22-23/h4-9,24H,1-3H3. The molecule has 1 aromatic heterocycles. The van der Waals surface area contributed by atoms with E-state index >= 15 is 0 Å². The Balaban J connectivity index is 2.13. The first-order chi connectivity index (χ1) is 11.1. The Morgan fingerprint density at radius 3 is 2.12 bits per heavy atom. The molecule has 0 atom stereocenters. The van der Waals surface area contributed by atoms with E-state index in [1.807, 2.05) is 20.8 Å². The molecule has 3 aromatic rings. The van der Waals surface area contributed by atoms with Gasteiger partial charge in [-0.3, -0.25) is 0 Å². The van der Waals surface area contributed by atoms with Gasteiger partial charge in [0, 0.05) is 0 Å².